The van der Waals surface area contributed by atoms with Crippen molar-refractivity contribution in [2.24, 2.45) is 0 Å². The number of nitrogens with zero attached hydrogens (tertiary/aromatic N) is 4. The van der Waals surface area contributed by atoms with Gasteiger partial charge >= 0.3 is 18.0 Å². The molecule has 2 heterocycles. The zero-order valence-electron chi connectivity index (χ0n) is 39.1. The Morgan fingerprint density at radius 1 is 0.771 bits per heavy atom. The van der Waals surface area contributed by atoms with Gasteiger partial charge in [0.2, 0.25) is 15.9 Å². The number of carbonyl (C=O) groups excluding carboxylic acids is 4. The van der Waals surface area contributed by atoms with Crippen LogP contribution in [0.2, 0.25) is 0 Å². The molecule has 17 nitrogen and oxygen atoms in total. The molecule has 0 saturated heterocycles. The monoisotopic (exact) mass is 976 g/mol. The van der Waals surface area contributed by atoms with Crippen LogP contribution in [-0.4, -0.2) is 97.8 Å². The summed E-state index contributed by atoms with van der Waals surface area (Å²) in [5.41, 5.74) is 2.57. The molecule has 368 valence electrons. The maximum Gasteiger partial charge on any atom is 0.410 e. The number of nitro benzene ring substituents is 1. The number of sulfonamides is 1. The largest absolute Gasteiger partial charge is 0.489 e. The normalized spacial score (nSPS) is 17.8. The Balaban J connectivity index is 1.33. The summed E-state index contributed by atoms with van der Waals surface area (Å²) in [5.74, 6) is -1.63. The molecule has 5 aromatic rings. The molecule has 0 saturated carbocycles. The van der Waals surface area contributed by atoms with E-state index >= 15 is 4.79 Å². The Bertz CT molecular complexity index is 2720. The van der Waals surface area contributed by atoms with Crippen molar-refractivity contribution in [1.82, 2.24) is 14.1 Å². The lowest BCUT2D eigenvalue weighted by atomic mass is 9.84. The summed E-state index contributed by atoms with van der Waals surface area (Å²) >= 11 is 0. The summed E-state index contributed by atoms with van der Waals surface area (Å²) in [6, 6.07) is 35.1. The molecule has 2 aliphatic rings. The summed E-state index contributed by atoms with van der Waals surface area (Å²) in [4.78, 5) is 69.4. The molecule has 70 heavy (non-hydrogen) atoms. The first-order chi connectivity index (χ1) is 33.8. The molecule has 2 aliphatic heterocycles. The van der Waals surface area contributed by atoms with E-state index in [0.717, 1.165) is 15.9 Å². The molecule has 3 atom stereocenters. The topological polar surface area (TPSA) is 201 Å². The zero-order chi connectivity index (χ0) is 49.6. The highest BCUT2D eigenvalue weighted by atomic mass is 32.2. The van der Waals surface area contributed by atoms with Crippen LogP contribution < -0.4 is 9.47 Å². The Labute approximate surface area is 407 Å². The van der Waals surface area contributed by atoms with E-state index in [1.165, 1.54) is 37.1 Å². The van der Waals surface area contributed by atoms with E-state index in [9.17, 15) is 32.9 Å². The first-order valence-corrected chi connectivity index (χ1v) is 24.6. The van der Waals surface area contributed by atoms with Gasteiger partial charge in [0.1, 0.15) is 36.7 Å². The molecule has 7 rings (SSSR count). The molecular formula is C52H56N4O13S. The lowest BCUT2D eigenvalue weighted by Crippen LogP contribution is -2.40. The fourth-order valence-electron chi connectivity index (χ4n) is 8.78. The highest BCUT2D eigenvalue weighted by Crippen LogP contribution is 2.51. The van der Waals surface area contributed by atoms with E-state index in [-0.39, 0.29) is 71.1 Å². The molecule has 0 radical (unpaired) electrons. The van der Waals surface area contributed by atoms with Gasteiger partial charge in [0.25, 0.3) is 5.69 Å². The summed E-state index contributed by atoms with van der Waals surface area (Å²) in [6.45, 7) is 1.38. The molecule has 0 aliphatic carbocycles. The maximum atomic E-state index is 15.6. The van der Waals surface area contributed by atoms with Gasteiger partial charge in [-0.1, -0.05) is 97.1 Å². The van der Waals surface area contributed by atoms with Crippen molar-refractivity contribution in [3.05, 3.63) is 165 Å². The number of carbonyl (C=O) groups is 4. The lowest BCUT2D eigenvalue weighted by molar-refractivity contribution is -0.387. The second kappa shape index (κ2) is 23.8. The summed E-state index contributed by atoms with van der Waals surface area (Å²) in [7, 11) is -3.28. The molecule has 0 N–H and O–H groups in total. The average molecular weight is 977 g/mol. The lowest BCUT2D eigenvalue weighted by Gasteiger charge is -2.33. The van der Waals surface area contributed by atoms with Crippen LogP contribution in [0.3, 0.4) is 0 Å². The Morgan fingerprint density at radius 3 is 2.11 bits per heavy atom. The van der Waals surface area contributed by atoms with Crippen LogP contribution in [0.15, 0.2) is 132 Å². The van der Waals surface area contributed by atoms with Crippen LogP contribution in [0.4, 0.5) is 10.5 Å². The predicted octanol–water partition coefficient (Wildman–Crippen LogP) is 8.29. The number of benzene rings is 5. The second-order valence-electron chi connectivity index (χ2n) is 16.9. The highest BCUT2D eigenvalue weighted by Gasteiger charge is 2.46. The van der Waals surface area contributed by atoms with Crippen molar-refractivity contribution in [3.63, 3.8) is 0 Å². The number of nitro groups is 1. The second-order valence-corrected chi connectivity index (χ2v) is 18.8. The predicted molar refractivity (Wildman–Crippen MR) is 256 cm³/mol. The van der Waals surface area contributed by atoms with Crippen LogP contribution in [-0.2, 0) is 51.8 Å². The number of hydrogen-bond donors (Lipinski definition) is 0. The first kappa shape index (κ1) is 50.6. The quantitative estimate of drug-likeness (QED) is 0.0319. The van der Waals surface area contributed by atoms with E-state index in [2.05, 4.69) is 0 Å². The van der Waals surface area contributed by atoms with E-state index in [1.54, 1.807) is 59.5 Å². The molecule has 0 unspecified atom stereocenters. The average Bonchev–Trinajstić information content (AvgIpc) is 3.77. The Hall–Kier alpha value is -7.31. The maximum absolute atomic E-state index is 15.6. The third-order valence-electron chi connectivity index (χ3n) is 12.2. The van der Waals surface area contributed by atoms with Crippen LogP contribution in [0.5, 0.6) is 11.5 Å². The number of ether oxygens (including phenoxy) is 5. The van der Waals surface area contributed by atoms with Gasteiger partial charge in [-0.3, -0.25) is 24.5 Å². The fraction of sp³-hybridized carbons (Fsp3) is 0.346. The third kappa shape index (κ3) is 12.5. The van der Waals surface area contributed by atoms with Crippen LogP contribution >= 0.6 is 0 Å². The molecule has 0 bridgehead atoms. The van der Waals surface area contributed by atoms with E-state index in [1.807, 2.05) is 48.5 Å². The van der Waals surface area contributed by atoms with Gasteiger partial charge in [-0.05, 0) is 72.2 Å². The van der Waals surface area contributed by atoms with Crippen molar-refractivity contribution in [2.75, 3.05) is 46.4 Å². The molecule has 5 aromatic carbocycles. The molecular weight excluding hydrogens is 921 g/mol. The zero-order valence-corrected chi connectivity index (χ0v) is 39.9. The fourth-order valence-corrected chi connectivity index (χ4v) is 10.5. The van der Waals surface area contributed by atoms with Crippen molar-refractivity contribution in [2.45, 2.75) is 75.2 Å². The van der Waals surface area contributed by atoms with Crippen LogP contribution in [0, 0.1) is 10.1 Å². The Morgan fingerprint density at radius 2 is 1.43 bits per heavy atom. The van der Waals surface area contributed by atoms with E-state index in [0.29, 0.717) is 46.8 Å². The smallest absolute Gasteiger partial charge is 0.410 e. The van der Waals surface area contributed by atoms with Crippen LogP contribution in [0.1, 0.15) is 84.9 Å². The minimum absolute atomic E-state index is 0.00937. The number of amides is 2. The third-order valence-corrected chi connectivity index (χ3v) is 14.2. The minimum atomic E-state index is -4.50. The van der Waals surface area contributed by atoms with Gasteiger partial charge in [0, 0.05) is 51.3 Å². The summed E-state index contributed by atoms with van der Waals surface area (Å²) in [6.07, 6.45) is -1.30. The number of methoxy groups -OCH3 is 1. The van der Waals surface area contributed by atoms with Crippen molar-refractivity contribution >= 4 is 39.6 Å². The molecule has 18 heteroatoms. The number of esters is 2. The molecule has 0 spiro atoms. The van der Waals surface area contributed by atoms with Gasteiger partial charge in [0.05, 0.1) is 31.1 Å². The van der Waals surface area contributed by atoms with E-state index in [4.69, 9.17) is 23.7 Å². The number of para-hydroxylation sites is 1. The van der Waals surface area contributed by atoms with Crippen molar-refractivity contribution < 1.29 is 56.2 Å². The Kier molecular flexibility index (Phi) is 17.2. The van der Waals surface area contributed by atoms with Crippen LogP contribution in [0.25, 0.3) is 0 Å². The van der Waals surface area contributed by atoms with Gasteiger partial charge in [-0.25, -0.2) is 13.2 Å². The highest BCUT2D eigenvalue weighted by molar-refractivity contribution is 7.89. The standard InChI is InChI=1S/C52H56N4O13S/c1-37(57)66-33-15-29-53-28-11-12-30-54(70(63,64)46-23-10-9-21-43(46)56(61)62)31-14-32-55(52(60)68-36-39-18-7-4-8-19-39)44(34-47(58)65-2)42-20-13-22-45-48(42)49(51(53)59)50(69-45)40-24-26-41(27-25-40)67-35-38-16-5-3-6-17-38/h3-10,13,16-27,44,49-50H,11-12,14-15,28-36H2,1-2H3/t44-,49+,50-/m0/s1. The first-order valence-electron chi connectivity index (χ1n) is 23.1. The van der Waals surface area contributed by atoms with Gasteiger partial charge < -0.3 is 33.5 Å². The van der Waals surface area contributed by atoms with Gasteiger partial charge in [-0.2, -0.15) is 4.31 Å². The summed E-state index contributed by atoms with van der Waals surface area (Å²) in [5, 5.41) is 12.1. The summed E-state index contributed by atoms with van der Waals surface area (Å²) < 4.78 is 59.3. The van der Waals surface area contributed by atoms with Crippen molar-refractivity contribution in [1.29, 1.82) is 0 Å². The van der Waals surface area contributed by atoms with Gasteiger partial charge in [-0.15, -0.1) is 0 Å². The minimum Gasteiger partial charge on any atom is -0.489 e. The van der Waals surface area contributed by atoms with Crippen molar-refractivity contribution in [3.8, 4) is 11.5 Å². The number of hydrogen-bond acceptors (Lipinski definition) is 13. The molecule has 0 aromatic heterocycles. The molecule has 0 fully saturated rings. The molecule has 2 amide bonds. The number of rotatable bonds is 15. The van der Waals surface area contributed by atoms with E-state index < -0.39 is 68.0 Å². The SMILES string of the molecule is COC(=O)C[C@H]1c2cccc3c2[C@@H](C(=O)N(CCCOC(C)=O)CCCCN(S(=O)(=O)c2ccccc2[N+](=O)[O-])CCCN1C(=O)OCc1ccccc1)[C@H](c1ccc(OCc2ccccc2)cc1)O3. The van der Waals surface area contributed by atoms with Gasteiger partial charge in [0.15, 0.2) is 4.90 Å².